The Bertz CT molecular complexity index is 1140. The molecule has 30 heavy (non-hydrogen) atoms. The molecule has 9 heteroatoms. The fourth-order valence-corrected chi connectivity index (χ4v) is 3.72. The number of rotatable bonds is 7. The van der Waals surface area contributed by atoms with Gasteiger partial charge in [0.25, 0.3) is 5.88 Å². The predicted octanol–water partition coefficient (Wildman–Crippen LogP) is 2.62. The van der Waals surface area contributed by atoms with E-state index in [-0.39, 0.29) is 17.9 Å². The number of hydrogen-bond acceptors (Lipinski definition) is 7. The van der Waals surface area contributed by atoms with E-state index in [9.17, 15) is 4.79 Å². The maximum Gasteiger partial charge on any atom is 0.262 e. The Balaban J connectivity index is 1.35. The summed E-state index contributed by atoms with van der Waals surface area (Å²) in [6, 6.07) is 8.15. The molecule has 2 fully saturated rings. The molecule has 1 saturated heterocycles. The highest BCUT2D eigenvalue weighted by atomic mass is 16.5. The molecule has 1 atom stereocenters. The van der Waals surface area contributed by atoms with Gasteiger partial charge in [0.05, 0.1) is 23.7 Å². The summed E-state index contributed by atoms with van der Waals surface area (Å²) in [4.78, 5) is 14.1. The minimum absolute atomic E-state index is 0.0330. The number of nitrogens with one attached hydrogen (secondary N) is 1. The van der Waals surface area contributed by atoms with E-state index in [0.29, 0.717) is 30.6 Å². The summed E-state index contributed by atoms with van der Waals surface area (Å²) >= 11 is 0. The van der Waals surface area contributed by atoms with Crippen LogP contribution in [0.25, 0.3) is 16.6 Å². The van der Waals surface area contributed by atoms with Gasteiger partial charge in [0.2, 0.25) is 5.91 Å². The van der Waals surface area contributed by atoms with E-state index < -0.39 is 0 Å². The van der Waals surface area contributed by atoms with Crippen LogP contribution in [-0.4, -0.2) is 51.3 Å². The molecule has 0 bridgehead atoms. The molecule has 1 aliphatic carbocycles. The molecular formula is C21H22N6O3. The number of hydrogen-bond donors (Lipinski definition) is 1. The standard InChI is InChI=1S/C21H22N6O3/c1-13-19(21(25-30-13)29-12-16-5-7-26(16)9-6-22)15-4-8-27-17(10-15)11-18(24-27)23-20(28)14-2-3-14/h4,8,10-11,14,16H,2-3,5,7,9,12H2,1H3,(H,23,24,28)/t16-/m1/s1. The number of aryl methyl sites for hydroxylation is 1. The number of nitriles is 1. The number of nitrogens with zero attached hydrogens (tertiary/aromatic N) is 5. The summed E-state index contributed by atoms with van der Waals surface area (Å²) in [5, 5.41) is 20.3. The molecule has 1 aliphatic heterocycles. The third kappa shape index (κ3) is 3.50. The van der Waals surface area contributed by atoms with Gasteiger partial charge >= 0.3 is 0 Å². The van der Waals surface area contributed by atoms with E-state index in [1.807, 2.05) is 31.3 Å². The fourth-order valence-electron chi connectivity index (χ4n) is 3.72. The van der Waals surface area contributed by atoms with Gasteiger partial charge in [-0.25, -0.2) is 4.52 Å². The molecule has 3 aromatic heterocycles. The van der Waals surface area contributed by atoms with Crippen molar-refractivity contribution in [2.75, 3.05) is 25.0 Å². The zero-order valence-electron chi connectivity index (χ0n) is 16.7. The first kappa shape index (κ1) is 18.6. The average molecular weight is 406 g/mol. The number of carbonyl (C=O) groups excluding carboxylic acids is 1. The van der Waals surface area contributed by atoms with E-state index in [2.05, 4.69) is 26.5 Å². The highest BCUT2D eigenvalue weighted by Gasteiger charge is 2.30. The topological polar surface area (TPSA) is 109 Å². The van der Waals surface area contributed by atoms with E-state index in [0.717, 1.165) is 42.5 Å². The molecular weight excluding hydrogens is 384 g/mol. The van der Waals surface area contributed by atoms with Crippen molar-refractivity contribution in [2.45, 2.75) is 32.2 Å². The average Bonchev–Trinajstić information content (AvgIpc) is 3.40. The van der Waals surface area contributed by atoms with Crippen LogP contribution in [0.1, 0.15) is 25.0 Å². The molecule has 154 valence electrons. The van der Waals surface area contributed by atoms with Gasteiger partial charge in [-0.3, -0.25) is 9.69 Å². The van der Waals surface area contributed by atoms with Crippen LogP contribution < -0.4 is 10.1 Å². The maximum atomic E-state index is 12.0. The smallest absolute Gasteiger partial charge is 0.262 e. The van der Waals surface area contributed by atoms with Crippen molar-refractivity contribution in [1.29, 1.82) is 5.26 Å². The van der Waals surface area contributed by atoms with E-state index in [4.69, 9.17) is 14.5 Å². The molecule has 9 nitrogen and oxygen atoms in total. The summed E-state index contributed by atoms with van der Waals surface area (Å²) in [6.45, 7) is 3.65. The normalized spacial score (nSPS) is 18.7. The Hall–Kier alpha value is -3.38. The van der Waals surface area contributed by atoms with Crippen molar-refractivity contribution in [2.24, 2.45) is 5.92 Å². The lowest BCUT2D eigenvalue weighted by Gasteiger charge is -2.38. The highest BCUT2D eigenvalue weighted by Crippen LogP contribution is 2.34. The largest absolute Gasteiger partial charge is 0.473 e. The van der Waals surface area contributed by atoms with Crippen LogP contribution in [0.4, 0.5) is 5.82 Å². The lowest BCUT2D eigenvalue weighted by molar-refractivity contribution is -0.117. The van der Waals surface area contributed by atoms with E-state index in [1.165, 1.54) is 0 Å². The lowest BCUT2D eigenvalue weighted by atomic mass is 10.0. The summed E-state index contributed by atoms with van der Waals surface area (Å²) in [7, 11) is 0. The quantitative estimate of drug-likeness (QED) is 0.601. The third-order valence-corrected chi connectivity index (χ3v) is 5.73. The Morgan fingerprint density at radius 3 is 3.00 bits per heavy atom. The zero-order valence-corrected chi connectivity index (χ0v) is 16.7. The van der Waals surface area contributed by atoms with Crippen LogP contribution in [0.2, 0.25) is 0 Å². The maximum absolute atomic E-state index is 12.0. The van der Waals surface area contributed by atoms with Crippen LogP contribution in [0.3, 0.4) is 0 Å². The molecule has 0 aromatic carbocycles. The molecule has 5 rings (SSSR count). The van der Waals surface area contributed by atoms with Crippen molar-refractivity contribution < 1.29 is 14.1 Å². The second-order valence-electron chi connectivity index (χ2n) is 7.88. The van der Waals surface area contributed by atoms with Gasteiger partial charge in [0.1, 0.15) is 12.4 Å². The third-order valence-electron chi connectivity index (χ3n) is 5.73. The van der Waals surface area contributed by atoms with E-state index >= 15 is 0 Å². The Labute approximate surface area is 173 Å². The van der Waals surface area contributed by atoms with Crippen LogP contribution in [0.15, 0.2) is 28.9 Å². The molecule has 1 amide bonds. The number of fused-ring (bicyclic) bond motifs is 1. The van der Waals surface area contributed by atoms with Gasteiger partial charge in [0, 0.05) is 30.8 Å². The number of anilines is 1. The van der Waals surface area contributed by atoms with Crippen LogP contribution in [0.5, 0.6) is 5.88 Å². The SMILES string of the molecule is Cc1onc(OC[C@H]2CCN2CC#N)c1-c1ccn2nc(NC(=O)C3CC3)cc2c1. The summed E-state index contributed by atoms with van der Waals surface area (Å²) in [5.74, 6) is 1.82. The minimum Gasteiger partial charge on any atom is -0.473 e. The van der Waals surface area contributed by atoms with Crippen molar-refractivity contribution in [1.82, 2.24) is 19.7 Å². The second-order valence-corrected chi connectivity index (χ2v) is 7.88. The van der Waals surface area contributed by atoms with Crippen LogP contribution in [0, 0.1) is 24.2 Å². The van der Waals surface area contributed by atoms with Gasteiger partial charge in [-0.1, -0.05) is 0 Å². The lowest BCUT2D eigenvalue weighted by Crippen LogP contribution is -2.50. The van der Waals surface area contributed by atoms with Crippen molar-refractivity contribution in [3.63, 3.8) is 0 Å². The molecule has 4 heterocycles. The van der Waals surface area contributed by atoms with Gasteiger partial charge in [-0.2, -0.15) is 10.4 Å². The first-order valence-corrected chi connectivity index (χ1v) is 10.1. The zero-order chi connectivity index (χ0) is 20.7. The minimum atomic E-state index is 0.0330. The molecule has 0 radical (unpaired) electrons. The molecule has 1 N–H and O–H groups in total. The highest BCUT2D eigenvalue weighted by molar-refractivity contribution is 5.93. The number of aromatic nitrogens is 3. The number of ether oxygens (including phenoxy) is 1. The first-order valence-electron chi connectivity index (χ1n) is 10.1. The predicted molar refractivity (Wildman–Crippen MR) is 108 cm³/mol. The first-order chi connectivity index (χ1) is 14.6. The monoisotopic (exact) mass is 406 g/mol. The van der Waals surface area contributed by atoms with Crippen LogP contribution in [-0.2, 0) is 4.79 Å². The Morgan fingerprint density at radius 2 is 2.27 bits per heavy atom. The van der Waals surface area contributed by atoms with E-state index in [1.54, 1.807) is 4.52 Å². The van der Waals surface area contributed by atoms with Gasteiger partial charge < -0.3 is 14.6 Å². The summed E-state index contributed by atoms with van der Waals surface area (Å²) in [5.41, 5.74) is 2.55. The van der Waals surface area contributed by atoms with Crippen LogP contribution >= 0.6 is 0 Å². The number of carbonyl (C=O) groups is 1. The Kier molecular flexibility index (Phi) is 4.64. The molecule has 2 aliphatic rings. The van der Waals surface area contributed by atoms with Gasteiger partial charge in [0.15, 0.2) is 5.82 Å². The van der Waals surface area contributed by atoms with Crippen molar-refractivity contribution in [3.05, 3.63) is 30.2 Å². The fraction of sp³-hybridized carbons (Fsp3) is 0.429. The number of likely N-dealkylation sites (tertiary alicyclic amines) is 1. The van der Waals surface area contributed by atoms with Gasteiger partial charge in [-0.15, -0.1) is 0 Å². The van der Waals surface area contributed by atoms with Gasteiger partial charge in [-0.05, 0) is 49.0 Å². The molecule has 1 saturated carbocycles. The molecule has 0 unspecified atom stereocenters. The Morgan fingerprint density at radius 1 is 1.40 bits per heavy atom. The number of amides is 1. The summed E-state index contributed by atoms with van der Waals surface area (Å²) < 4.78 is 13.1. The number of pyridine rings is 1. The summed E-state index contributed by atoms with van der Waals surface area (Å²) in [6.07, 6.45) is 4.75. The van der Waals surface area contributed by atoms with Crippen molar-refractivity contribution in [3.8, 4) is 23.1 Å². The molecule has 0 spiro atoms. The van der Waals surface area contributed by atoms with Crippen molar-refractivity contribution >= 4 is 17.2 Å². The second kappa shape index (κ2) is 7.46. The molecule has 3 aromatic rings.